The van der Waals surface area contributed by atoms with Crippen molar-refractivity contribution < 1.29 is 4.79 Å². The number of carbonyl (C=O) groups is 1. The van der Waals surface area contributed by atoms with E-state index in [0.29, 0.717) is 5.56 Å². The number of hydrogen-bond donors (Lipinski definition) is 0. The van der Waals surface area contributed by atoms with E-state index in [1.165, 1.54) is 32.7 Å². The highest BCUT2D eigenvalue weighted by molar-refractivity contribution is 6.01. The zero-order chi connectivity index (χ0) is 17.5. The van der Waals surface area contributed by atoms with Crippen LogP contribution in [-0.4, -0.2) is 10.8 Å². The summed E-state index contributed by atoms with van der Waals surface area (Å²) in [5.74, 6) is 0.112. The molecule has 1 aromatic heterocycles. The largest absolute Gasteiger partial charge is 0.293 e. The van der Waals surface area contributed by atoms with Crippen LogP contribution in [-0.2, 0) is 12.8 Å². The first-order chi connectivity index (χ1) is 12.8. The van der Waals surface area contributed by atoms with Crippen molar-refractivity contribution in [1.29, 1.82) is 0 Å². The molecule has 0 radical (unpaired) electrons. The highest BCUT2D eigenvalue weighted by Crippen LogP contribution is 2.26. The third kappa shape index (κ3) is 2.41. The topological polar surface area (TPSA) is 30.0 Å². The molecule has 5 rings (SSSR count). The van der Waals surface area contributed by atoms with Gasteiger partial charge in [-0.15, -0.1) is 0 Å². The van der Waals surface area contributed by atoms with E-state index < -0.39 is 0 Å². The van der Waals surface area contributed by atoms with E-state index in [1.54, 1.807) is 12.4 Å². The van der Waals surface area contributed by atoms with Crippen LogP contribution in [0.3, 0.4) is 0 Å². The first-order valence-corrected chi connectivity index (χ1v) is 9.18. The van der Waals surface area contributed by atoms with Crippen molar-refractivity contribution in [1.82, 2.24) is 4.98 Å². The number of aromatic nitrogens is 1. The Bertz CT molecular complexity index is 1130. The molecule has 0 fully saturated rings. The van der Waals surface area contributed by atoms with Gasteiger partial charge in [0, 0.05) is 23.9 Å². The van der Waals surface area contributed by atoms with E-state index in [2.05, 4.69) is 53.5 Å². The molecule has 0 aliphatic heterocycles. The summed E-state index contributed by atoms with van der Waals surface area (Å²) >= 11 is 0. The molecule has 2 aromatic carbocycles. The summed E-state index contributed by atoms with van der Waals surface area (Å²) in [7, 11) is 0. The minimum Gasteiger partial charge on any atom is -0.293 e. The Morgan fingerprint density at radius 1 is 0.923 bits per heavy atom. The van der Waals surface area contributed by atoms with Crippen molar-refractivity contribution in [3.8, 4) is 11.1 Å². The molecule has 0 saturated carbocycles. The van der Waals surface area contributed by atoms with Crippen molar-refractivity contribution in [2.45, 2.75) is 19.3 Å². The molecule has 2 nitrogen and oxygen atoms in total. The Morgan fingerprint density at radius 2 is 1.85 bits per heavy atom. The van der Waals surface area contributed by atoms with Crippen LogP contribution >= 0.6 is 0 Å². The molecule has 3 aromatic rings. The fraction of sp³-hybridized carbons (Fsp3) is 0.167. The van der Waals surface area contributed by atoms with Crippen LogP contribution in [0.1, 0.15) is 27.9 Å². The van der Waals surface area contributed by atoms with Gasteiger partial charge < -0.3 is 0 Å². The molecule has 2 heteroatoms. The Kier molecular flexibility index (Phi) is 3.56. The molecule has 1 unspecified atom stereocenters. The molecule has 126 valence electrons. The van der Waals surface area contributed by atoms with Gasteiger partial charge in [-0.25, -0.2) is 0 Å². The summed E-state index contributed by atoms with van der Waals surface area (Å²) in [4.78, 5) is 17.0. The highest BCUT2D eigenvalue weighted by atomic mass is 16.1. The number of nitrogens with zero attached hydrogens (tertiary/aromatic N) is 1. The molecule has 0 amide bonds. The second-order valence-corrected chi connectivity index (χ2v) is 7.08. The molecule has 1 atom stereocenters. The van der Waals surface area contributed by atoms with Gasteiger partial charge >= 0.3 is 0 Å². The zero-order valence-corrected chi connectivity index (χ0v) is 14.5. The quantitative estimate of drug-likeness (QED) is 0.672. The molecule has 2 aliphatic carbocycles. The Morgan fingerprint density at radius 3 is 2.73 bits per heavy atom. The van der Waals surface area contributed by atoms with E-state index in [0.717, 1.165) is 19.3 Å². The summed E-state index contributed by atoms with van der Waals surface area (Å²) in [5, 5.41) is 2.55. The highest BCUT2D eigenvalue weighted by Gasteiger charge is 2.22. The summed E-state index contributed by atoms with van der Waals surface area (Å²) < 4.78 is 0. The number of fused-ring (bicyclic) bond motifs is 5. The summed E-state index contributed by atoms with van der Waals surface area (Å²) in [5.41, 5.74) is 6.04. The van der Waals surface area contributed by atoms with Crippen LogP contribution in [0.25, 0.3) is 23.3 Å². The molecule has 0 bridgehead atoms. The number of ketones is 1. The SMILES string of the molecule is O=C(c1cccnc1)C1C=c2c(ccc3c2=CCc2ccccc2-3)CC1. The molecular weight excluding hydrogens is 318 g/mol. The standard InChI is InChI=1S/C24H19NO/c26-24(19-5-3-13-25-15-19)18-8-7-17-10-11-21-20-6-2-1-4-16(20)9-12-22(21)23(17)14-18/h1-6,10-15,18H,7-9H2. The van der Waals surface area contributed by atoms with Gasteiger partial charge in [0.15, 0.2) is 5.78 Å². The second kappa shape index (κ2) is 6.06. The Labute approximate surface area is 152 Å². The van der Waals surface area contributed by atoms with Gasteiger partial charge in [-0.05, 0) is 64.1 Å². The number of rotatable bonds is 2. The number of aryl methyl sites for hydroxylation is 1. The van der Waals surface area contributed by atoms with Gasteiger partial charge in [-0.1, -0.05) is 48.6 Å². The fourth-order valence-corrected chi connectivity index (χ4v) is 4.25. The van der Waals surface area contributed by atoms with Crippen LogP contribution < -0.4 is 10.4 Å². The van der Waals surface area contributed by atoms with Crippen molar-refractivity contribution >= 4 is 17.9 Å². The van der Waals surface area contributed by atoms with Crippen LogP contribution in [0.4, 0.5) is 0 Å². The van der Waals surface area contributed by atoms with Gasteiger partial charge in [-0.2, -0.15) is 0 Å². The maximum atomic E-state index is 12.9. The van der Waals surface area contributed by atoms with E-state index in [4.69, 9.17) is 0 Å². The lowest BCUT2D eigenvalue weighted by Gasteiger charge is -2.21. The molecule has 2 aliphatic rings. The molecule has 26 heavy (non-hydrogen) atoms. The van der Waals surface area contributed by atoms with Crippen LogP contribution in [0, 0.1) is 5.92 Å². The summed E-state index contributed by atoms with van der Waals surface area (Å²) in [6.45, 7) is 0. The van der Waals surface area contributed by atoms with Crippen molar-refractivity contribution in [3.05, 3.63) is 88.1 Å². The number of hydrogen-bond acceptors (Lipinski definition) is 2. The first-order valence-electron chi connectivity index (χ1n) is 9.18. The van der Waals surface area contributed by atoms with Gasteiger partial charge in [0.05, 0.1) is 0 Å². The predicted molar refractivity (Wildman–Crippen MR) is 104 cm³/mol. The predicted octanol–water partition coefficient (Wildman–Crippen LogP) is 3.31. The maximum absolute atomic E-state index is 12.9. The average molecular weight is 337 g/mol. The summed E-state index contributed by atoms with van der Waals surface area (Å²) in [6.07, 6.45) is 10.7. The monoisotopic (exact) mass is 337 g/mol. The van der Waals surface area contributed by atoms with Gasteiger partial charge in [-0.3, -0.25) is 9.78 Å². The average Bonchev–Trinajstić information content (AvgIpc) is 2.73. The minimum absolute atomic E-state index is 0.0660. The van der Waals surface area contributed by atoms with E-state index in [1.807, 2.05) is 12.1 Å². The lowest BCUT2D eigenvalue weighted by Crippen LogP contribution is -2.37. The summed E-state index contributed by atoms with van der Waals surface area (Å²) in [6, 6.07) is 16.8. The molecule has 1 heterocycles. The van der Waals surface area contributed by atoms with Crippen LogP contribution in [0.15, 0.2) is 60.9 Å². The van der Waals surface area contributed by atoms with Gasteiger partial charge in [0.25, 0.3) is 0 Å². The number of carbonyl (C=O) groups excluding carboxylic acids is 1. The molecule has 0 saturated heterocycles. The maximum Gasteiger partial charge on any atom is 0.171 e. The van der Waals surface area contributed by atoms with E-state index >= 15 is 0 Å². The normalized spacial score (nSPS) is 17.2. The fourth-order valence-electron chi connectivity index (χ4n) is 4.25. The lowest BCUT2D eigenvalue weighted by atomic mass is 9.82. The van der Waals surface area contributed by atoms with Crippen LogP contribution in [0.5, 0.6) is 0 Å². The Hall–Kier alpha value is -3.00. The third-order valence-corrected chi connectivity index (χ3v) is 5.59. The molecule has 0 N–H and O–H groups in total. The van der Waals surface area contributed by atoms with Crippen LogP contribution in [0.2, 0.25) is 0 Å². The second-order valence-electron chi connectivity index (χ2n) is 7.08. The van der Waals surface area contributed by atoms with E-state index in [-0.39, 0.29) is 11.7 Å². The molecular formula is C24H19NO. The zero-order valence-electron chi connectivity index (χ0n) is 14.5. The van der Waals surface area contributed by atoms with Crippen molar-refractivity contribution in [3.63, 3.8) is 0 Å². The Balaban J connectivity index is 1.65. The van der Waals surface area contributed by atoms with Crippen molar-refractivity contribution in [2.75, 3.05) is 0 Å². The number of benzene rings is 2. The van der Waals surface area contributed by atoms with Gasteiger partial charge in [0.2, 0.25) is 0 Å². The number of Topliss-reactive ketones (excluding diaryl/α,β-unsaturated/α-hetero) is 1. The smallest absolute Gasteiger partial charge is 0.171 e. The third-order valence-electron chi connectivity index (χ3n) is 5.59. The first kappa shape index (κ1) is 15.3. The van der Waals surface area contributed by atoms with E-state index in [9.17, 15) is 4.79 Å². The minimum atomic E-state index is -0.0660. The number of pyridine rings is 1. The van der Waals surface area contributed by atoms with Gasteiger partial charge in [0.1, 0.15) is 0 Å². The molecule has 0 spiro atoms. The van der Waals surface area contributed by atoms with Crippen molar-refractivity contribution in [2.24, 2.45) is 5.92 Å². The lowest BCUT2D eigenvalue weighted by molar-refractivity contribution is 0.0946.